The van der Waals surface area contributed by atoms with Crippen LogP contribution in [0.3, 0.4) is 0 Å². The van der Waals surface area contributed by atoms with Crippen LogP contribution in [0.25, 0.3) is 90.9 Å². The number of aromatic carboxylic acids is 4. The molecule has 0 saturated heterocycles. The Labute approximate surface area is 1100 Å². The molecule has 2 aliphatic heterocycles. The molecular formula is C64H34K12N4O24. The first-order valence-corrected chi connectivity index (χ1v) is 26.7. The van der Waals surface area contributed by atoms with Crippen LogP contribution in [-0.2, 0) is 89.7 Å². The maximum atomic E-state index is 12.7. The van der Waals surface area contributed by atoms with E-state index in [1.807, 2.05) is 0 Å². The van der Waals surface area contributed by atoms with Crippen molar-refractivity contribution in [2.45, 2.75) is 51.4 Å². The van der Waals surface area contributed by atoms with Gasteiger partial charge in [-0.2, -0.15) is 0 Å². The minimum atomic E-state index is -1.94. The molecule has 28 nitrogen and oxygen atoms in total. The number of carbonyl (C=O) groups is 12. The van der Waals surface area contributed by atoms with Gasteiger partial charge in [0.1, 0.15) is 0 Å². The number of carboxylic acids is 12. The molecule has 0 fully saturated rings. The van der Waals surface area contributed by atoms with Crippen LogP contribution in [-0.4, -0.2) is 91.6 Å². The zero-order chi connectivity index (χ0) is 66.9. The van der Waals surface area contributed by atoms with Crippen LogP contribution in [0.2, 0.25) is 0 Å². The molecule has 0 amide bonds. The van der Waals surface area contributed by atoms with Gasteiger partial charge in [-0.15, -0.1) is 0 Å². The predicted molar refractivity (Wildman–Crippen MR) is 288 cm³/mol. The van der Waals surface area contributed by atoms with Crippen molar-refractivity contribution in [1.29, 1.82) is 0 Å². The predicted octanol–water partition coefficient (Wildman–Crippen LogP) is -44.8. The van der Waals surface area contributed by atoms with Crippen molar-refractivity contribution in [2.24, 2.45) is 0 Å². The van der Waals surface area contributed by atoms with E-state index in [2.05, 4.69) is 9.97 Å². The van der Waals surface area contributed by atoms with E-state index in [9.17, 15) is 119 Å². The maximum absolute atomic E-state index is 12.7. The number of hydrogen-bond acceptors (Lipinski definition) is 26. The number of rotatable bonds is 24. The number of fused-ring (bicyclic) bond motifs is 8. The van der Waals surface area contributed by atoms with Crippen molar-refractivity contribution in [1.82, 2.24) is 19.9 Å². The summed E-state index contributed by atoms with van der Waals surface area (Å²) in [6, 6.07) is 11.2. The molecule has 104 heavy (non-hydrogen) atoms. The summed E-state index contributed by atoms with van der Waals surface area (Å²) >= 11 is 0. The minimum absolute atomic E-state index is 0. The first-order chi connectivity index (χ1) is 43.5. The number of aromatic amines is 2. The molecule has 40 heteroatoms. The van der Waals surface area contributed by atoms with Crippen LogP contribution in [0.5, 0.6) is 0 Å². The van der Waals surface area contributed by atoms with Gasteiger partial charge in [-0.3, -0.25) is 0 Å². The molecule has 0 saturated carbocycles. The molecule has 7 aromatic rings. The maximum Gasteiger partial charge on any atom is 1.00 e. The van der Waals surface area contributed by atoms with E-state index in [1.165, 1.54) is 48.6 Å². The molecule has 0 atom stereocenters. The number of hydrogen-bond donors (Lipinski definition) is 2. The minimum Gasteiger partial charge on any atom is -0.550 e. The number of nitrogens with zero attached hydrogens (tertiary/aromatic N) is 2. The fourth-order valence-corrected chi connectivity index (χ4v) is 11.4. The summed E-state index contributed by atoms with van der Waals surface area (Å²) in [5.74, 6) is -22.8. The van der Waals surface area contributed by atoms with Crippen molar-refractivity contribution in [2.75, 3.05) is 0 Å². The standard InChI is InChI=1S/C64H46N4O24.12K/c69-45(70)17-25-9-33(61(85)86)10-26(18-46(71)72)53(25)57-37-1-2-38(65-37)58(54-27(19-47(73)74)11-34(62(87)88)12-28(54)20-48(75)76)40-5-6-42(67-40)60(56-31(23-51(81)82)15-36(64(91)92)16-32(56)24-52(83)84)44-8-7-43(68-44)59(41-4-3-39(57)66-41)55-29(21-49(77)78)13-35(63(89)90)14-30(55)22-50(79)80;;;;;;;;;;;;/h1-16,65,68H,17-24H2,(H,69,70)(H,71,72)(H,73,74)(H,75,76)(H,77,78)(H,79,80)(H,81,82)(H,83,84)(H,85,86)(H,87,88)(H,89,90)(H,91,92);;;;;;;;;;;;/q;12*+1/p-12. The molecular weight excluding hydrogens is 1680 g/mol. The van der Waals surface area contributed by atoms with Crippen molar-refractivity contribution in [3.05, 3.63) is 162 Å². The van der Waals surface area contributed by atoms with Crippen LogP contribution < -0.4 is 678 Å². The van der Waals surface area contributed by atoms with Crippen LogP contribution >= 0.6 is 0 Å². The average molecular weight is 1710 g/mol. The van der Waals surface area contributed by atoms with E-state index in [1.54, 1.807) is 0 Å². The van der Waals surface area contributed by atoms with E-state index in [4.69, 9.17) is 9.97 Å². The third-order valence-electron chi connectivity index (χ3n) is 14.6. The van der Waals surface area contributed by atoms with E-state index in [-0.39, 0.29) is 684 Å². The van der Waals surface area contributed by atoms with Gasteiger partial charge in [0, 0.05) is 143 Å². The number of carbonyl (C=O) groups excluding carboxylic acids is 12. The van der Waals surface area contributed by atoms with Gasteiger partial charge in [0.25, 0.3) is 0 Å². The first kappa shape index (κ1) is 117. The molecule has 0 aliphatic carbocycles. The van der Waals surface area contributed by atoms with Crippen molar-refractivity contribution >= 4 is 118 Å². The number of aliphatic carboxylic acids is 8. The Bertz CT molecular complexity index is 4080. The zero-order valence-corrected chi connectivity index (χ0v) is 96.1. The summed E-state index contributed by atoms with van der Waals surface area (Å²) in [4.78, 5) is 167. The molecule has 9 rings (SSSR count). The molecule has 0 unspecified atom stereocenters. The molecule has 3 aromatic heterocycles. The largest absolute Gasteiger partial charge is 1.00 e. The van der Waals surface area contributed by atoms with Crippen LogP contribution in [0, 0.1) is 0 Å². The van der Waals surface area contributed by atoms with E-state index < -0.39 is 212 Å². The topological polar surface area (TPSA) is 539 Å². The molecule has 5 heterocycles. The Balaban J connectivity index is -0.00000417. The van der Waals surface area contributed by atoms with Gasteiger partial charge in [0.15, 0.2) is 0 Å². The van der Waals surface area contributed by atoms with Crippen molar-refractivity contribution in [3.8, 4) is 44.5 Å². The summed E-state index contributed by atoms with van der Waals surface area (Å²) in [6.07, 6.45) is -4.85. The molecule has 4 aromatic carbocycles. The Kier molecular flexibility index (Phi) is 61.0. The Morgan fingerprint density at radius 2 is 0.365 bits per heavy atom. The number of H-pyrrole nitrogens is 2. The Hall–Kier alpha value is 6.76. The van der Waals surface area contributed by atoms with Crippen LogP contribution in [0.1, 0.15) is 109 Å². The van der Waals surface area contributed by atoms with Gasteiger partial charge in [0.05, 0.1) is 46.7 Å². The zero-order valence-electron chi connectivity index (χ0n) is 58.6. The number of carboxylic acid groups (broad SMARTS) is 12. The smallest absolute Gasteiger partial charge is 0.550 e. The van der Waals surface area contributed by atoms with Gasteiger partial charge < -0.3 is 129 Å². The number of benzene rings is 4. The van der Waals surface area contributed by atoms with E-state index in [0.717, 1.165) is 48.5 Å². The van der Waals surface area contributed by atoms with Crippen LogP contribution in [0.15, 0.2) is 72.8 Å². The molecule has 0 spiro atoms. The first-order valence-electron chi connectivity index (χ1n) is 26.7. The number of aromatic nitrogens is 4. The fourth-order valence-electron chi connectivity index (χ4n) is 11.4. The second-order valence-corrected chi connectivity index (χ2v) is 20.7. The van der Waals surface area contributed by atoms with Gasteiger partial charge in [-0.25, -0.2) is 9.97 Å². The summed E-state index contributed by atoms with van der Waals surface area (Å²) in [5.41, 5.74) is -12.8. The third kappa shape index (κ3) is 30.7. The van der Waals surface area contributed by atoms with Crippen LogP contribution in [0.4, 0.5) is 0 Å². The summed E-state index contributed by atoms with van der Waals surface area (Å²) < 4.78 is 0. The quantitative estimate of drug-likeness (QED) is 0.0530. The molecule has 466 valence electrons. The van der Waals surface area contributed by atoms with E-state index in [0.29, 0.717) is 0 Å². The molecule has 8 bridgehead atoms. The second-order valence-electron chi connectivity index (χ2n) is 20.7. The third-order valence-corrected chi connectivity index (χ3v) is 14.6. The summed E-state index contributed by atoms with van der Waals surface area (Å²) in [5, 5.41) is 152. The Morgan fingerprint density at radius 1 is 0.231 bits per heavy atom. The summed E-state index contributed by atoms with van der Waals surface area (Å²) in [7, 11) is 0. The van der Waals surface area contributed by atoms with Gasteiger partial charge >= 0.3 is 617 Å². The van der Waals surface area contributed by atoms with Gasteiger partial charge in [0.2, 0.25) is 0 Å². The molecule has 2 N–H and O–H groups in total. The van der Waals surface area contributed by atoms with Crippen molar-refractivity contribution < 1.29 is 735 Å². The SMILES string of the molecule is O=C([O-])Cc1cc(C(=O)[O-])cc(CC(=O)[O-])c1-c1c2nc(c(-c3c(CC(=O)[O-])cc(C(=O)[O-])cc3CC(=O)[O-])c3ccc([nH]3)c(-c3c(CC(=O)[O-])cc(C(=O)[O-])cc3CC(=O)[O-])c3nc(c(-c4c(CC(=O)[O-])cc(C(=O)[O-])cc4CC(=O)[O-])c4ccc1[nH]4)C=C3)C=C2.[K+].[K+].[K+].[K+].[K+].[K+].[K+].[K+].[K+].[K+].[K+].[K+]. The molecule has 2 aliphatic rings. The average Bonchev–Trinajstić information content (AvgIpc) is 1.51. The fraction of sp³-hybridized carbons (Fsp3) is 0.125. The monoisotopic (exact) mass is 1710 g/mol. The molecule has 0 radical (unpaired) electrons. The summed E-state index contributed by atoms with van der Waals surface area (Å²) in [6.45, 7) is 0. The van der Waals surface area contributed by atoms with Gasteiger partial charge in [-0.1, -0.05) is 0 Å². The van der Waals surface area contributed by atoms with Gasteiger partial charge in [-0.05, 0) is 186 Å². The Morgan fingerprint density at radius 3 is 0.481 bits per heavy atom. The second kappa shape index (κ2) is 54.2. The van der Waals surface area contributed by atoms with Crippen molar-refractivity contribution in [3.63, 3.8) is 0 Å². The van der Waals surface area contributed by atoms with E-state index >= 15 is 0 Å². The normalized spacial score (nSPS) is 10.2. The number of nitrogens with one attached hydrogen (secondary N) is 2.